The van der Waals surface area contributed by atoms with Crippen LogP contribution >= 0.6 is 34.4 Å². The molecule has 160 valence electrons. The molecule has 4 rings (SSSR count). The average molecular weight is 462 g/mol. The molecule has 0 fully saturated rings. The minimum absolute atomic E-state index is 0.248. The molecule has 0 bridgehead atoms. The van der Waals surface area contributed by atoms with Crippen LogP contribution in [0.2, 0.25) is 0 Å². The largest absolute Gasteiger partial charge is 0.397 e. The lowest BCUT2D eigenvalue weighted by Gasteiger charge is -2.36. The normalized spacial score (nSPS) is 16.6. The van der Waals surface area contributed by atoms with Gasteiger partial charge in [-0.05, 0) is 48.0 Å². The monoisotopic (exact) mass is 461 g/mol. The van der Waals surface area contributed by atoms with Crippen molar-refractivity contribution in [3.05, 3.63) is 22.2 Å². The number of nitrogen functional groups attached to an aromatic ring is 1. The van der Waals surface area contributed by atoms with E-state index in [9.17, 15) is 4.79 Å². The van der Waals surface area contributed by atoms with Gasteiger partial charge in [-0.3, -0.25) is 10.1 Å². The molecule has 3 aromatic rings. The number of carbonyl (C=O) groups is 1. The van der Waals surface area contributed by atoms with E-state index in [1.807, 2.05) is 0 Å². The number of pyridine rings is 1. The Morgan fingerprint density at radius 3 is 2.87 bits per heavy atom. The van der Waals surface area contributed by atoms with Crippen molar-refractivity contribution in [1.29, 1.82) is 0 Å². The third-order valence-corrected chi connectivity index (χ3v) is 9.17. The topological polar surface area (TPSA) is 93.8 Å². The van der Waals surface area contributed by atoms with Crippen LogP contribution in [0, 0.1) is 11.3 Å². The van der Waals surface area contributed by atoms with E-state index in [1.165, 1.54) is 28.2 Å². The zero-order valence-electron chi connectivity index (χ0n) is 17.7. The molecule has 1 aliphatic carbocycles. The number of aromatic nitrogens is 3. The SMILES string of the molecule is CCSc1nnc(NC(=O)c2sc3nc4c(cc3c2N)CC(C(C)(C)CC)CC4)s1. The number of thioether (sulfide) groups is 1. The predicted octanol–water partition coefficient (Wildman–Crippen LogP) is 5.64. The Hall–Kier alpha value is -1.71. The fraction of sp³-hybridized carbons (Fsp3) is 0.524. The van der Waals surface area contributed by atoms with Crippen LogP contribution < -0.4 is 11.1 Å². The lowest BCUT2D eigenvalue weighted by molar-refractivity contribution is 0.103. The van der Waals surface area contributed by atoms with Gasteiger partial charge in [0.1, 0.15) is 9.71 Å². The number of hydrogen-bond donors (Lipinski definition) is 2. The molecular weight excluding hydrogens is 434 g/mol. The molecule has 0 saturated heterocycles. The summed E-state index contributed by atoms with van der Waals surface area (Å²) in [6.45, 7) is 9.03. The first kappa shape index (κ1) is 21.5. The van der Waals surface area contributed by atoms with E-state index < -0.39 is 0 Å². The molecular formula is C21H27N5OS3. The molecule has 1 amide bonds. The van der Waals surface area contributed by atoms with Crippen molar-refractivity contribution in [2.24, 2.45) is 11.3 Å². The number of nitrogens with one attached hydrogen (secondary N) is 1. The molecule has 9 heteroatoms. The van der Waals surface area contributed by atoms with Crippen molar-refractivity contribution in [3.63, 3.8) is 0 Å². The highest BCUT2D eigenvalue weighted by molar-refractivity contribution is 8.01. The van der Waals surface area contributed by atoms with Crippen molar-refractivity contribution in [3.8, 4) is 0 Å². The van der Waals surface area contributed by atoms with Gasteiger partial charge < -0.3 is 5.73 Å². The van der Waals surface area contributed by atoms with E-state index in [0.717, 1.165) is 51.7 Å². The summed E-state index contributed by atoms with van der Waals surface area (Å²) in [5.41, 5.74) is 9.66. The summed E-state index contributed by atoms with van der Waals surface area (Å²) in [7, 11) is 0. The molecule has 0 aliphatic heterocycles. The first-order chi connectivity index (χ1) is 14.3. The fourth-order valence-corrected chi connectivity index (χ4v) is 6.55. The Balaban J connectivity index is 1.60. The van der Waals surface area contributed by atoms with Crippen molar-refractivity contribution in [2.45, 2.75) is 57.7 Å². The van der Waals surface area contributed by atoms with Crippen molar-refractivity contribution >= 4 is 61.4 Å². The minimum atomic E-state index is -0.248. The highest BCUT2D eigenvalue weighted by Crippen LogP contribution is 2.42. The zero-order chi connectivity index (χ0) is 21.5. The zero-order valence-corrected chi connectivity index (χ0v) is 20.2. The molecule has 3 aromatic heterocycles. The first-order valence-corrected chi connectivity index (χ1v) is 12.9. The van der Waals surface area contributed by atoms with Crippen molar-refractivity contribution in [2.75, 3.05) is 16.8 Å². The Morgan fingerprint density at radius 2 is 2.13 bits per heavy atom. The van der Waals surface area contributed by atoms with Crippen LogP contribution in [0.3, 0.4) is 0 Å². The molecule has 30 heavy (non-hydrogen) atoms. The summed E-state index contributed by atoms with van der Waals surface area (Å²) in [4.78, 5) is 19.1. The van der Waals surface area contributed by atoms with Crippen LogP contribution in [0.25, 0.3) is 10.2 Å². The summed E-state index contributed by atoms with van der Waals surface area (Å²) in [6, 6.07) is 2.17. The molecule has 6 nitrogen and oxygen atoms in total. The van der Waals surface area contributed by atoms with Crippen LogP contribution in [-0.2, 0) is 12.8 Å². The Kier molecular flexibility index (Phi) is 6.05. The van der Waals surface area contributed by atoms with Crippen LogP contribution in [0.15, 0.2) is 10.4 Å². The maximum Gasteiger partial charge on any atom is 0.269 e. The molecule has 3 N–H and O–H groups in total. The molecule has 3 heterocycles. The van der Waals surface area contributed by atoms with Gasteiger partial charge in [0.25, 0.3) is 5.91 Å². The van der Waals surface area contributed by atoms with Gasteiger partial charge in [-0.15, -0.1) is 21.5 Å². The standard InChI is InChI=1S/C21H27N5OS3/c1-5-21(3,4)12-7-8-14-11(9-12)10-13-15(22)16(29-18(13)23-14)17(27)24-19-25-26-20(30-19)28-6-2/h10,12H,5-9,22H2,1-4H3,(H,24,25,27). The van der Waals surface area contributed by atoms with Crippen LogP contribution in [0.5, 0.6) is 0 Å². The van der Waals surface area contributed by atoms with E-state index >= 15 is 0 Å². The first-order valence-electron chi connectivity index (χ1n) is 10.3. The van der Waals surface area contributed by atoms with Crippen LogP contribution in [0.4, 0.5) is 10.8 Å². The van der Waals surface area contributed by atoms with E-state index in [-0.39, 0.29) is 5.91 Å². The molecule has 0 saturated carbocycles. The third-order valence-electron chi connectivity index (χ3n) is 6.20. The smallest absolute Gasteiger partial charge is 0.269 e. The number of rotatable bonds is 6. The Labute approximate surface area is 189 Å². The molecule has 0 radical (unpaired) electrons. The van der Waals surface area contributed by atoms with Crippen molar-refractivity contribution in [1.82, 2.24) is 15.2 Å². The van der Waals surface area contributed by atoms with Gasteiger partial charge in [0.15, 0.2) is 4.34 Å². The summed E-state index contributed by atoms with van der Waals surface area (Å²) in [5.74, 6) is 1.31. The number of thiophene rings is 1. The van der Waals surface area contributed by atoms with Crippen molar-refractivity contribution < 1.29 is 4.79 Å². The van der Waals surface area contributed by atoms with Gasteiger partial charge in [0.05, 0.1) is 5.69 Å². The number of fused-ring (bicyclic) bond motifs is 2. The molecule has 0 spiro atoms. The molecule has 1 aliphatic rings. The number of carbonyl (C=O) groups excluding carboxylic acids is 1. The lowest BCUT2D eigenvalue weighted by Crippen LogP contribution is -2.29. The van der Waals surface area contributed by atoms with Crippen LogP contribution in [0.1, 0.15) is 61.5 Å². The summed E-state index contributed by atoms with van der Waals surface area (Å²) >= 11 is 4.34. The average Bonchev–Trinajstić information content (AvgIpc) is 3.30. The van der Waals surface area contributed by atoms with E-state index in [1.54, 1.807) is 11.8 Å². The lowest BCUT2D eigenvalue weighted by atomic mass is 9.69. The second-order valence-corrected chi connectivity index (χ2v) is 11.8. The number of anilines is 2. The number of nitrogens with zero attached hydrogens (tertiary/aromatic N) is 3. The van der Waals surface area contributed by atoms with E-state index in [2.05, 4.69) is 49.3 Å². The number of amides is 1. The third kappa shape index (κ3) is 4.07. The number of aryl methyl sites for hydroxylation is 1. The maximum absolute atomic E-state index is 12.8. The van der Waals surface area contributed by atoms with Gasteiger partial charge in [-0.2, -0.15) is 0 Å². The fourth-order valence-electron chi connectivity index (χ4n) is 3.91. The minimum Gasteiger partial charge on any atom is -0.397 e. The highest BCUT2D eigenvalue weighted by Gasteiger charge is 2.32. The van der Waals surface area contributed by atoms with E-state index in [0.29, 0.717) is 27.0 Å². The second-order valence-electron chi connectivity index (χ2n) is 8.33. The van der Waals surface area contributed by atoms with Gasteiger partial charge in [0.2, 0.25) is 5.13 Å². The number of nitrogens with two attached hydrogens (primary N) is 1. The van der Waals surface area contributed by atoms with E-state index in [4.69, 9.17) is 10.7 Å². The summed E-state index contributed by atoms with van der Waals surface area (Å²) in [6.07, 6.45) is 4.34. The Bertz CT molecular complexity index is 1090. The molecule has 0 aromatic carbocycles. The Morgan fingerprint density at radius 1 is 1.33 bits per heavy atom. The number of hydrogen-bond acceptors (Lipinski definition) is 8. The highest BCUT2D eigenvalue weighted by atomic mass is 32.2. The van der Waals surface area contributed by atoms with Crippen LogP contribution in [-0.4, -0.2) is 26.8 Å². The quantitative estimate of drug-likeness (QED) is 0.365. The summed E-state index contributed by atoms with van der Waals surface area (Å²) < 4.78 is 0.844. The maximum atomic E-state index is 12.8. The van der Waals surface area contributed by atoms with Gasteiger partial charge in [-0.25, -0.2) is 4.98 Å². The second kappa shape index (κ2) is 8.43. The van der Waals surface area contributed by atoms with Gasteiger partial charge >= 0.3 is 0 Å². The van der Waals surface area contributed by atoms with Gasteiger partial charge in [-0.1, -0.05) is 57.2 Å². The molecule has 1 atom stereocenters. The molecule has 1 unspecified atom stereocenters. The summed E-state index contributed by atoms with van der Waals surface area (Å²) in [5, 5.41) is 12.3. The predicted molar refractivity (Wildman–Crippen MR) is 128 cm³/mol. The van der Waals surface area contributed by atoms with Gasteiger partial charge in [0, 0.05) is 11.1 Å².